The van der Waals surface area contributed by atoms with E-state index in [0.717, 1.165) is 46.4 Å². The Morgan fingerprint density at radius 1 is 1.06 bits per heavy atom. The van der Waals surface area contributed by atoms with Crippen molar-refractivity contribution in [1.82, 2.24) is 9.97 Å². The fourth-order valence-corrected chi connectivity index (χ4v) is 4.98. The van der Waals surface area contributed by atoms with Gasteiger partial charge in [0, 0.05) is 24.9 Å². The lowest BCUT2D eigenvalue weighted by Crippen LogP contribution is -2.23. The van der Waals surface area contributed by atoms with Crippen LogP contribution in [0, 0.1) is 18.7 Å². The first kappa shape index (κ1) is 22.2. The lowest BCUT2D eigenvalue weighted by molar-refractivity contribution is -0.117. The van der Waals surface area contributed by atoms with Crippen molar-refractivity contribution in [2.75, 3.05) is 23.3 Å². The number of hydrogen-bond acceptors (Lipinski definition) is 5. The van der Waals surface area contributed by atoms with Crippen LogP contribution < -0.4 is 10.2 Å². The number of carbonyl (C=O) groups is 1. The molecule has 7 heteroatoms. The van der Waals surface area contributed by atoms with E-state index in [1.54, 1.807) is 6.07 Å². The van der Waals surface area contributed by atoms with Gasteiger partial charge in [0.25, 0.3) is 0 Å². The number of furan rings is 1. The molecule has 1 fully saturated rings. The maximum atomic E-state index is 14.7. The van der Waals surface area contributed by atoms with Gasteiger partial charge in [0.1, 0.15) is 22.7 Å². The molecule has 2 aromatic heterocycles. The molecule has 1 aliphatic heterocycles. The second-order valence-corrected chi connectivity index (χ2v) is 9.28. The second kappa shape index (κ2) is 9.07. The monoisotopic (exact) mass is 480 g/mol. The molecule has 0 spiro atoms. The van der Waals surface area contributed by atoms with Gasteiger partial charge in [-0.2, -0.15) is 0 Å². The Labute approximate surface area is 207 Å². The summed E-state index contributed by atoms with van der Waals surface area (Å²) in [5.74, 6) is 0.938. The van der Waals surface area contributed by atoms with Gasteiger partial charge in [0.15, 0.2) is 11.4 Å². The van der Waals surface area contributed by atoms with E-state index in [9.17, 15) is 9.18 Å². The minimum absolute atomic E-state index is 0.131. The summed E-state index contributed by atoms with van der Waals surface area (Å²) >= 11 is 0. The van der Waals surface area contributed by atoms with Crippen LogP contribution in [0.25, 0.3) is 33.2 Å². The number of amides is 1. The molecule has 5 aromatic rings. The van der Waals surface area contributed by atoms with Crippen LogP contribution in [0.5, 0.6) is 0 Å². The molecule has 1 aliphatic rings. The number of carbonyl (C=O) groups excluding carboxylic acids is 1. The van der Waals surface area contributed by atoms with Crippen LogP contribution in [0.4, 0.5) is 15.9 Å². The number of para-hydroxylation sites is 1. The summed E-state index contributed by atoms with van der Waals surface area (Å²) in [6.07, 6.45) is 1.15. The van der Waals surface area contributed by atoms with Crippen LogP contribution in [-0.2, 0) is 4.79 Å². The third kappa shape index (κ3) is 4.17. The van der Waals surface area contributed by atoms with E-state index in [2.05, 4.69) is 20.2 Å². The number of rotatable bonds is 5. The number of hydrogen-bond donors (Lipinski definition) is 1. The van der Waals surface area contributed by atoms with Gasteiger partial charge in [-0.05, 0) is 54.7 Å². The van der Waals surface area contributed by atoms with Crippen molar-refractivity contribution < 1.29 is 13.6 Å². The Balaban J connectivity index is 1.15. The molecular formula is C29H25FN4O2. The first-order valence-corrected chi connectivity index (χ1v) is 12.1. The van der Waals surface area contributed by atoms with E-state index in [-0.39, 0.29) is 17.5 Å². The van der Waals surface area contributed by atoms with Gasteiger partial charge in [-0.1, -0.05) is 48.5 Å². The molecule has 1 atom stereocenters. The highest BCUT2D eigenvalue weighted by Crippen LogP contribution is 2.35. The van der Waals surface area contributed by atoms with Gasteiger partial charge in [-0.3, -0.25) is 4.79 Å². The molecule has 6 nitrogen and oxygen atoms in total. The Kier molecular flexibility index (Phi) is 5.60. The van der Waals surface area contributed by atoms with Crippen molar-refractivity contribution in [3.05, 3.63) is 84.4 Å². The molecular weight excluding hydrogens is 455 g/mol. The second-order valence-electron chi connectivity index (χ2n) is 9.28. The molecule has 1 amide bonds. The van der Waals surface area contributed by atoms with Gasteiger partial charge < -0.3 is 14.6 Å². The van der Waals surface area contributed by atoms with E-state index >= 15 is 0 Å². The third-order valence-electron chi connectivity index (χ3n) is 6.72. The number of aryl methyl sites for hydroxylation is 1. The van der Waals surface area contributed by atoms with E-state index < -0.39 is 5.82 Å². The zero-order valence-corrected chi connectivity index (χ0v) is 19.9. The van der Waals surface area contributed by atoms with Crippen molar-refractivity contribution in [3.63, 3.8) is 0 Å². The molecule has 36 heavy (non-hydrogen) atoms. The lowest BCUT2D eigenvalue weighted by atomic mass is 10.0. The summed E-state index contributed by atoms with van der Waals surface area (Å²) in [4.78, 5) is 24.2. The quantitative estimate of drug-likeness (QED) is 0.318. The Morgan fingerprint density at radius 2 is 1.86 bits per heavy atom. The zero-order chi connectivity index (χ0) is 24.6. The van der Waals surface area contributed by atoms with Crippen molar-refractivity contribution in [3.8, 4) is 11.1 Å². The number of nitrogens with one attached hydrogen (secondary N) is 1. The van der Waals surface area contributed by atoms with E-state index in [0.29, 0.717) is 24.4 Å². The minimum atomic E-state index is -0.443. The predicted molar refractivity (Wildman–Crippen MR) is 139 cm³/mol. The maximum Gasteiger partial charge on any atom is 0.224 e. The summed E-state index contributed by atoms with van der Waals surface area (Å²) in [5.41, 5.74) is 4.17. The number of fused-ring (bicyclic) bond motifs is 3. The Morgan fingerprint density at radius 3 is 2.69 bits per heavy atom. The molecule has 0 saturated carbocycles. The Bertz CT molecular complexity index is 1580. The number of halogens is 1. The molecule has 1 saturated heterocycles. The van der Waals surface area contributed by atoms with Gasteiger partial charge in [0.05, 0.1) is 5.69 Å². The lowest BCUT2D eigenvalue weighted by Gasteiger charge is -2.18. The van der Waals surface area contributed by atoms with Crippen LogP contribution in [-0.4, -0.2) is 29.0 Å². The van der Waals surface area contributed by atoms with Crippen molar-refractivity contribution in [1.29, 1.82) is 0 Å². The van der Waals surface area contributed by atoms with Gasteiger partial charge in [-0.25, -0.2) is 14.4 Å². The summed E-state index contributed by atoms with van der Waals surface area (Å²) in [6, 6.07) is 22.3. The standard InChI is InChI=1S/C29H25FN4O2/c1-18-31-27-22-9-5-6-10-25(22)36-28(27)29(32-18)34-14-13-19(17-34)15-26(35)33-24-12-11-21(16-23(24)30)20-7-3-2-4-8-20/h2-12,16,19H,13-15,17H2,1H3,(H,33,35)/t19-/m1/s1. The molecule has 6 rings (SSSR count). The average Bonchev–Trinajstić information content (AvgIpc) is 3.50. The number of benzene rings is 3. The summed E-state index contributed by atoms with van der Waals surface area (Å²) < 4.78 is 20.8. The van der Waals surface area contributed by atoms with E-state index in [4.69, 9.17) is 4.42 Å². The van der Waals surface area contributed by atoms with Crippen molar-refractivity contribution in [2.24, 2.45) is 5.92 Å². The molecule has 3 heterocycles. The number of aromatic nitrogens is 2. The van der Waals surface area contributed by atoms with Crippen LogP contribution in [0.2, 0.25) is 0 Å². The smallest absolute Gasteiger partial charge is 0.224 e. The normalized spacial score (nSPS) is 15.6. The van der Waals surface area contributed by atoms with Crippen LogP contribution in [0.1, 0.15) is 18.7 Å². The van der Waals surface area contributed by atoms with Crippen molar-refractivity contribution >= 4 is 39.5 Å². The van der Waals surface area contributed by atoms with Crippen LogP contribution in [0.15, 0.2) is 77.2 Å². The van der Waals surface area contributed by atoms with Gasteiger partial charge in [0.2, 0.25) is 5.91 Å². The third-order valence-corrected chi connectivity index (χ3v) is 6.72. The van der Waals surface area contributed by atoms with Gasteiger partial charge in [-0.15, -0.1) is 0 Å². The first-order valence-electron chi connectivity index (χ1n) is 12.1. The van der Waals surface area contributed by atoms with Crippen LogP contribution >= 0.6 is 0 Å². The van der Waals surface area contributed by atoms with Crippen molar-refractivity contribution in [2.45, 2.75) is 19.8 Å². The molecule has 0 radical (unpaired) electrons. The van der Waals surface area contributed by atoms with E-state index in [1.165, 1.54) is 6.07 Å². The topological polar surface area (TPSA) is 71.3 Å². The summed E-state index contributed by atoms with van der Waals surface area (Å²) in [7, 11) is 0. The summed E-state index contributed by atoms with van der Waals surface area (Å²) in [6.45, 7) is 3.31. The average molecular weight is 481 g/mol. The van der Waals surface area contributed by atoms with E-state index in [1.807, 2.05) is 67.6 Å². The molecule has 180 valence electrons. The van der Waals surface area contributed by atoms with Crippen LogP contribution in [0.3, 0.4) is 0 Å². The largest absolute Gasteiger partial charge is 0.450 e. The maximum absolute atomic E-state index is 14.7. The molecule has 0 unspecified atom stereocenters. The predicted octanol–water partition coefficient (Wildman–Crippen LogP) is 6.35. The Hall–Kier alpha value is -4.26. The zero-order valence-electron chi connectivity index (χ0n) is 19.9. The SMILES string of the molecule is Cc1nc(N2CC[C@H](CC(=O)Nc3ccc(-c4ccccc4)cc3F)C2)c2oc3ccccc3c2n1. The highest BCUT2D eigenvalue weighted by atomic mass is 19.1. The number of anilines is 2. The fraction of sp³-hybridized carbons (Fsp3) is 0.207. The highest BCUT2D eigenvalue weighted by molar-refractivity contribution is 6.05. The fourth-order valence-electron chi connectivity index (χ4n) is 4.98. The first-order chi connectivity index (χ1) is 17.5. The minimum Gasteiger partial charge on any atom is -0.450 e. The van der Waals surface area contributed by atoms with Gasteiger partial charge >= 0.3 is 0 Å². The molecule has 1 N–H and O–H groups in total. The highest BCUT2D eigenvalue weighted by Gasteiger charge is 2.29. The molecule has 0 bridgehead atoms. The molecule has 3 aromatic carbocycles. The summed E-state index contributed by atoms with van der Waals surface area (Å²) in [5, 5.41) is 3.72. The molecule has 0 aliphatic carbocycles. The number of nitrogens with zero attached hydrogens (tertiary/aromatic N) is 3.